The standard InChI is InChI=1S/C34H26FNO13/c35-21-4-1-16(2-5-21)3-6-22-7-17(14-36-22)15-47-32(44)19-10-25(39)30(42)27(12-19)49-34(46)20-11-26(40)31(43)28(13-20)48-33(45)18-8-23(37)29(41)24(38)9-18/h1-2,4-5,7-13,37-43H,3,6,14-15H2. The number of nitrogens with zero attached hydrogens (tertiary/aromatic N) is 1. The summed E-state index contributed by atoms with van der Waals surface area (Å²) >= 11 is 0. The number of carbonyl (C=O) groups is 3. The molecular weight excluding hydrogens is 649 g/mol. The average Bonchev–Trinajstić information content (AvgIpc) is 3.53. The molecule has 1 heterocycles. The van der Waals surface area contributed by atoms with Crippen LogP contribution >= 0.6 is 0 Å². The predicted molar refractivity (Wildman–Crippen MR) is 166 cm³/mol. The molecule has 1 aliphatic rings. The highest BCUT2D eigenvalue weighted by molar-refractivity contribution is 5.98. The Balaban J connectivity index is 1.24. The van der Waals surface area contributed by atoms with E-state index in [1.54, 1.807) is 18.2 Å². The third kappa shape index (κ3) is 7.79. The maximum Gasteiger partial charge on any atom is 0.343 e. The number of benzene rings is 4. The van der Waals surface area contributed by atoms with Crippen LogP contribution in [0.2, 0.25) is 0 Å². The van der Waals surface area contributed by atoms with Crippen molar-refractivity contribution in [1.82, 2.24) is 0 Å². The summed E-state index contributed by atoms with van der Waals surface area (Å²) < 4.78 is 28.5. The summed E-state index contributed by atoms with van der Waals surface area (Å²) in [6.45, 7) is 0.128. The van der Waals surface area contributed by atoms with Crippen LogP contribution in [0.25, 0.3) is 0 Å². The van der Waals surface area contributed by atoms with Crippen LogP contribution in [0.1, 0.15) is 43.1 Å². The monoisotopic (exact) mass is 675 g/mol. The maximum absolute atomic E-state index is 13.1. The van der Waals surface area contributed by atoms with Gasteiger partial charge in [-0.15, -0.1) is 0 Å². The molecule has 7 N–H and O–H groups in total. The summed E-state index contributed by atoms with van der Waals surface area (Å²) in [5, 5.41) is 69.6. The molecule has 5 rings (SSSR count). The van der Waals surface area contributed by atoms with Crippen LogP contribution in [0.5, 0.6) is 51.7 Å². The number of halogens is 1. The molecular formula is C34H26FNO13. The molecule has 0 atom stereocenters. The highest BCUT2D eigenvalue weighted by Crippen LogP contribution is 2.41. The average molecular weight is 676 g/mol. The van der Waals surface area contributed by atoms with Gasteiger partial charge in [-0.3, -0.25) is 4.99 Å². The Labute approximate surface area is 275 Å². The van der Waals surface area contributed by atoms with Crippen molar-refractivity contribution >= 4 is 23.6 Å². The Morgan fingerprint density at radius 3 is 1.63 bits per heavy atom. The molecule has 0 radical (unpaired) electrons. The van der Waals surface area contributed by atoms with Crippen LogP contribution < -0.4 is 9.47 Å². The van der Waals surface area contributed by atoms with Gasteiger partial charge in [0.25, 0.3) is 0 Å². The molecule has 15 heteroatoms. The molecule has 0 saturated carbocycles. The summed E-state index contributed by atoms with van der Waals surface area (Å²) in [5.74, 6) is -11.7. The first-order valence-electron chi connectivity index (χ1n) is 14.2. The van der Waals surface area contributed by atoms with Crippen LogP contribution in [-0.2, 0) is 11.2 Å². The van der Waals surface area contributed by atoms with E-state index in [1.807, 2.05) is 0 Å². The van der Waals surface area contributed by atoms with Gasteiger partial charge in [0.1, 0.15) is 12.4 Å². The molecule has 0 aliphatic carbocycles. The van der Waals surface area contributed by atoms with Gasteiger partial charge in [0.05, 0.1) is 23.2 Å². The smallest absolute Gasteiger partial charge is 0.343 e. The van der Waals surface area contributed by atoms with Crippen LogP contribution in [0, 0.1) is 5.82 Å². The number of carbonyl (C=O) groups excluding carboxylic acids is 3. The molecule has 4 aromatic rings. The van der Waals surface area contributed by atoms with Crippen molar-refractivity contribution in [3.63, 3.8) is 0 Å². The number of rotatable bonds is 10. The van der Waals surface area contributed by atoms with Gasteiger partial charge in [0.2, 0.25) is 11.5 Å². The van der Waals surface area contributed by atoms with E-state index in [-0.39, 0.29) is 24.5 Å². The maximum atomic E-state index is 13.1. The van der Waals surface area contributed by atoms with Gasteiger partial charge in [0, 0.05) is 5.71 Å². The Kier molecular flexibility index (Phi) is 9.54. The zero-order chi connectivity index (χ0) is 35.4. The van der Waals surface area contributed by atoms with Gasteiger partial charge in [-0.2, -0.15) is 0 Å². The lowest BCUT2D eigenvalue weighted by atomic mass is 10.1. The summed E-state index contributed by atoms with van der Waals surface area (Å²) in [6, 6.07) is 10.9. The molecule has 14 nitrogen and oxygen atoms in total. The molecule has 0 spiro atoms. The number of ether oxygens (including phenoxy) is 3. The second-order valence-corrected chi connectivity index (χ2v) is 10.6. The van der Waals surface area contributed by atoms with Crippen LogP contribution in [-0.4, -0.2) is 72.5 Å². The lowest BCUT2D eigenvalue weighted by Crippen LogP contribution is -2.12. The van der Waals surface area contributed by atoms with Gasteiger partial charge < -0.3 is 50.0 Å². The van der Waals surface area contributed by atoms with E-state index in [1.165, 1.54) is 12.1 Å². The fourth-order valence-corrected chi connectivity index (χ4v) is 4.55. The number of aromatic hydroxyl groups is 7. The zero-order valence-corrected chi connectivity index (χ0v) is 25.1. The summed E-state index contributed by atoms with van der Waals surface area (Å²) in [7, 11) is 0. The minimum absolute atomic E-state index is 0.156. The Hall–Kier alpha value is -6.77. The van der Waals surface area contributed by atoms with Gasteiger partial charge in [-0.25, -0.2) is 18.8 Å². The van der Waals surface area contributed by atoms with Crippen LogP contribution in [0.3, 0.4) is 0 Å². The second kappa shape index (κ2) is 13.9. The van der Waals surface area contributed by atoms with Gasteiger partial charge >= 0.3 is 17.9 Å². The van der Waals surface area contributed by atoms with E-state index in [0.29, 0.717) is 18.4 Å². The van der Waals surface area contributed by atoms with Crippen LogP contribution in [0.15, 0.2) is 77.3 Å². The molecule has 0 fully saturated rings. The number of aryl methyl sites for hydroxylation is 1. The number of allylic oxidation sites excluding steroid dienone is 1. The number of aliphatic imine (C=N–C) groups is 1. The summed E-state index contributed by atoms with van der Waals surface area (Å²) in [6.07, 6.45) is 2.99. The lowest BCUT2D eigenvalue weighted by Gasteiger charge is -2.12. The SMILES string of the molecule is O=C(OCC1=CC(CCc2ccc(F)cc2)=NC1)c1cc(O)c(O)c(OC(=O)c2cc(O)c(O)c(OC(=O)c3cc(O)c(O)c(O)c3)c2)c1. The predicted octanol–water partition coefficient (Wildman–Crippen LogP) is 4.37. The van der Waals surface area contributed by atoms with E-state index < -0.39 is 80.8 Å². The van der Waals surface area contributed by atoms with Crippen molar-refractivity contribution in [3.8, 4) is 51.7 Å². The fraction of sp³-hybridized carbons (Fsp3) is 0.118. The van der Waals surface area contributed by atoms with Crippen molar-refractivity contribution in [3.05, 3.63) is 100 Å². The zero-order valence-electron chi connectivity index (χ0n) is 25.1. The Morgan fingerprint density at radius 2 is 1.10 bits per heavy atom. The molecule has 252 valence electrons. The number of phenolic OH excluding ortho intramolecular Hbond substituents is 7. The fourth-order valence-electron chi connectivity index (χ4n) is 4.55. The molecule has 0 amide bonds. The largest absolute Gasteiger partial charge is 0.504 e. The highest BCUT2D eigenvalue weighted by atomic mass is 19.1. The molecule has 0 unspecified atom stereocenters. The van der Waals surface area contributed by atoms with E-state index >= 15 is 0 Å². The summed E-state index contributed by atoms with van der Waals surface area (Å²) in [4.78, 5) is 42.7. The minimum atomic E-state index is -1.31. The highest BCUT2D eigenvalue weighted by Gasteiger charge is 2.24. The van der Waals surface area contributed by atoms with Crippen molar-refractivity contribution in [2.24, 2.45) is 4.99 Å². The molecule has 49 heavy (non-hydrogen) atoms. The van der Waals surface area contributed by atoms with E-state index in [2.05, 4.69) is 4.99 Å². The molecule has 0 saturated heterocycles. The molecule has 0 aromatic heterocycles. The van der Waals surface area contributed by atoms with Gasteiger partial charge in [0.15, 0.2) is 40.2 Å². The Morgan fingerprint density at radius 1 is 0.633 bits per heavy atom. The van der Waals surface area contributed by atoms with E-state index in [9.17, 15) is 54.5 Å². The lowest BCUT2D eigenvalue weighted by molar-refractivity contribution is 0.0536. The quantitative estimate of drug-likeness (QED) is 0.0704. The van der Waals surface area contributed by atoms with Crippen LogP contribution in [0.4, 0.5) is 4.39 Å². The minimum Gasteiger partial charge on any atom is -0.504 e. The van der Waals surface area contributed by atoms with Crippen molar-refractivity contribution < 1.29 is 68.7 Å². The van der Waals surface area contributed by atoms with E-state index in [4.69, 9.17) is 14.2 Å². The van der Waals surface area contributed by atoms with Crippen molar-refractivity contribution in [2.45, 2.75) is 12.8 Å². The van der Waals surface area contributed by atoms with Gasteiger partial charge in [-0.1, -0.05) is 12.1 Å². The normalized spacial score (nSPS) is 12.2. The number of esters is 3. The Bertz CT molecular complexity index is 2010. The molecule has 0 bridgehead atoms. The number of hydrogen-bond donors (Lipinski definition) is 7. The molecule has 4 aromatic carbocycles. The van der Waals surface area contributed by atoms with Crippen molar-refractivity contribution in [2.75, 3.05) is 13.2 Å². The second-order valence-electron chi connectivity index (χ2n) is 10.6. The third-order valence-corrected chi connectivity index (χ3v) is 7.12. The number of phenols is 7. The summed E-state index contributed by atoms with van der Waals surface area (Å²) in [5.41, 5.74) is 1.05. The van der Waals surface area contributed by atoms with Gasteiger partial charge in [-0.05, 0) is 78.6 Å². The van der Waals surface area contributed by atoms with Crippen molar-refractivity contribution in [1.29, 1.82) is 0 Å². The topological polar surface area (TPSA) is 233 Å². The first-order valence-corrected chi connectivity index (χ1v) is 14.2. The number of hydrogen-bond acceptors (Lipinski definition) is 14. The first-order chi connectivity index (χ1) is 23.3. The first kappa shape index (κ1) is 33.6. The van der Waals surface area contributed by atoms with E-state index in [0.717, 1.165) is 47.7 Å². The molecule has 1 aliphatic heterocycles. The third-order valence-electron chi connectivity index (χ3n) is 7.12.